The number of carbonyl (C=O) groups is 2. The van der Waals surface area contributed by atoms with Crippen LogP contribution in [0.1, 0.15) is 20.7 Å². The molecule has 0 amide bonds. The Balaban J connectivity index is 2.60. The summed E-state index contributed by atoms with van der Waals surface area (Å²) in [5.74, 6) is -2.12. The van der Waals surface area contributed by atoms with E-state index in [0.717, 1.165) is 6.07 Å². The molecule has 0 radical (unpaired) electrons. The molecule has 0 aliphatic heterocycles. The van der Waals surface area contributed by atoms with Crippen molar-refractivity contribution in [1.29, 1.82) is 0 Å². The van der Waals surface area contributed by atoms with Crippen molar-refractivity contribution >= 4 is 11.9 Å². The van der Waals surface area contributed by atoms with E-state index < -0.39 is 17.8 Å². The molecule has 1 N–H and O–H groups in total. The molecule has 2 aromatic carbocycles. The molecule has 0 aliphatic carbocycles. The van der Waals surface area contributed by atoms with E-state index in [0.29, 0.717) is 16.9 Å². The predicted molar refractivity (Wildman–Crippen MR) is 76.7 cm³/mol. The highest BCUT2D eigenvalue weighted by molar-refractivity contribution is 5.92. The summed E-state index contributed by atoms with van der Waals surface area (Å²) in [5.41, 5.74) is 0.804. The molecule has 2 rings (SSSR count). The molecule has 22 heavy (non-hydrogen) atoms. The highest BCUT2D eigenvalue weighted by Crippen LogP contribution is 2.28. The maximum atomic E-state index is 13.7. The molecule has 0 aromatic heterocycles. The molecule has 5 nitrogen and oxygen atoms in total. The second-order valence-corrected chi connectivity index (χ2v) is 4.48. The first-order valence-electron chi connectivity index (χ1n) is 6.26. The van der Waals surface area contributed by atoms with Gasteiger partial charge in [-0.15, -0.1) is 0 Å². The van der Waals surface area contributed by atoms with Crippen LogP contribution in [0.4, 0.5) is 4.39 Å². The van der Waals surface area contributed by atoms with Crippen LogP contribution < -0.4 is 4.74 Å². The fourth-order valence-electron chi connectivity index (χ4n) is 2.00. The van der Waals surface area contributed by atoms with Gasteiger partial charge in [-0.1, -0.05) is 0 Å². The van der Waals surface area contributed by atoms with Crippen molar-refractivity contribution < 1.29 is 28.6 Å². The number of carboxylic acids is 1. The van der Waals surface area contributed by atoms with Gasteiger partial charge in [0.15, 0.2) is 0 Å². The van der Waals surface area contributed by atoms with E-state index in [1.807, 2.05) is 0 Å². The summed E-state index contributed by atoms with van der Waals surface area (Å²) in [6, 6.07) is 7.96. The highest BCUT2D eigenvalue weighted by atomic mass is 19.1. The largest absolute Gasteiger partial charge is 0.497 e. The molecule has 2 aromatic rings. The van der Waals surface area contributed by atoms with E-state index in [2.05, 4.69) is 4.74 Å². The first kappa shape index (κ1) is 15.5. The lowest BCUT2D eigenvalue weighted by molar-refractivity contribution is 0.0599. The summed E-state index contributed by atoms with van der Waals surface area (Å²) in [5, 5.41) is 9.11. The van der Waals surface area contributed by atoms with Crippen LogP contribution in [0.15, 0.2) is 36.4 Å². The Hall–Kier alpha value is -2.89. The summed E-state index contributed by atoms with van der Waals surface area (Å²) in [6.07, 6.45) is 0. The van der Waals surface area contributed by atoms with Crippen LogP contribution in [0.2, 0.25) is 0 Å². The lowest BCUT2D eigenvalue weighted by atomic mass is 10.00. The van der Waals surface area contributed by atoms with Gasteiger partial charge in [0.1, 0.15) is 11.6 Å². The predicted octanol–water partition coefficient (Wildman–Crippen LogP) is 2.99. The first-order chi connectivity index (χ1) is 10.4. The molecule has 0 atom stereocenters. The molecule has 0 fully saturated rings. The van der Waals surface area contributed by atoms with Crippen LogP contribution >= 0.6 is 0 Å². The second kappa shape index (κ2) is 6.26. The summed E-state index contributed by atoms with van der Waals surface area (Å²) in [7, 11) is 2.59. The fraction of sp³-hybridized carbons (Fsp3) is 0.125. The van der Waals surface area contributed by atoms with Gasteiger partial charge in [-0.05, 0) is 47.5 Å². The SMILES string of the molecule is COC(=O)c1cc(F)cc(-c2cc(OC)cc(C(=O)O)c2)c1. The van der Waals surface area contributed by atoms with E-state index in [1.165, 1.54) is 38.5 Å². The molecule has 0 heterocycles. The smallest absolute Gasteiger partial charge is 0.337 e. The number of methoxy groups -OCH3 is 2. The normalized spacial score (nSPS) is 10.1. The average molecular weight is 304 g/mol. The van der Waals surface area contributed by atoms with Gasteiger partial charge in [0, 0.05) is 0 Å². The number of carbonyl (C=O) groups excluding carboxylic acids is 1. The topological polar surface area (TPSA) is 72.8 Å². The van der Waals surface area contributed by atoms with Crippen LogP contribution in [-0.2, 0) is 4.74 Å². The van der Waals surface area contributed by atoms with Gasteiger partial charge in [0.05, 0.1) is 25.3 Å². The molecular formula is C16H13FO5. The van der Waals surface area contributed by atoms with E-state index in [4.69, 9.17) is 9.84 Å². The third-order valence-corrected chi connectivity index (χ3v) is 3.04. The number of carboxylic acid groups (broad SMARTS) is 1. The van der Waals surface area contributed by atoms with Gasteiger partial charge in [0.25, 0.3) is 0 Å². The Morgan fingerprint density at radius 3 is 2.18 bits per heavy atom. The zero-order chi connectivity index (χ0) is 16.3. The number of aromatic carboxylic acids is 1. The van der Waals surface area contributed by atoms with Crippen molar-refractivity contribution in [2.45, 2.75) is 0 Å². The van der Waals surface area contributed by atoms with Crippen molar-refractivity contribution in [1.82, 2.24) is 0 Å². The van der Waals surface area contributed by atoms with E-state index in [-0.39, 0.29) is 11.1 Å². The van der Waals surface area contributed by atoms with Crippen molar-refractivity contribution in [2.75, 3.05) is 14.2 Å². The minimum atomic E-state index is -1.13. The molecule has 0 bridgehead atoms. The lowest BCUT2D eigenvalue weighted by Gasteiger charge is -2.09. The highest BCUT2D eigenvalue weighted by Gasteiger charge is 2.13. The number of benzene rings is 2. The first-order valence-corrected chi connectivity index (χ1v) is 6.26. The number of hydrogen-bond acceptors (Lipinski definition) is 4. The number of esters is 1. The van der Waals surface area contributed by atoms with Gasteiger partial charge in [0.2, 0.25) is 0 Å². The molecule has 0 aliphatic rings. The van der Waals surface area contributed by atoms with Crippen LogP contribution in [0.5, 0.6) is 5.75 Å². The number of halogens is 1. The van der Waals surface area contributed by atoms with Gasteiger partial charge < -0.3 is 14.6 Å². The summed E-state index contributed by atoms with van der Waals surface area (Å²) < 4.78 is 23.3. The monoisotopic (exact) mass is 304 g/mol. The Morgan fingerprint density at radius 1 is 0.955 bits per heavy atom. The molecular weight excluding hydrogens is 291 g/mol. The van der Waals surface area contributed by atoms with Crippen molar-refractivity contribution in [3.63, 3.8) is 0 Å². The average Bonchev–Trinajstić information content (AvgIpc) is 2.52. The molecule has 0 unspecified atom stereocenters. The van der Waals surface area contributed by atoms with Crippen LogP contribution in [0.25, 0.3) is 11.1 Å². The maximum absolute atomic E-state index is 13.7. The van der Waals surface area contributed by atoms with Crippen LogP contribution in [0, 0.1) is 5.82 Å². The molecule has 6 heteroatoms. The molecule has 0 saturated carbocycles. The van der Waals surface area contributed by atoms with Crippen LogP contribution in [0.3, 0.4) is 0 Å². The maximum Gasteiger partial charge on any atom is 0.337 e. The zero-order valence-electron chi connectivity index (χ0n) is 11.9. The Morgan fingerprint density at radius 2 is 1.59 bits per heavy atom. The lowest BCUT2D eigenvalue weighted by Crippen LogP contribution is -2.02. The Bertz CT molecular complexity index is 739. The van der Waals surface area contributed by atoms with Gasteiger partial charge in [-0.2, -0.15) is 0 Å². The summed E-state index contributed by atoms with van der Waals surface area (Å²) in [4.78, 5) is 22.7. The number of rotatable bonds is 4. The van der Waals surface area contributed by atoms with Crippen molar-refractivity contribution in [3.05, 3.63) is 53.3 Å². The molecule has 0 saturated heterocycles. The summed E-state index contributed by atoms with van der Waals surface area (Å²) >= 11 is 0. The third-order valence-electron chi connectivity index (χ3n) is 3.04. The fourth-order valence-corrected chi connectivity index (χ4v) is 2.00. The Labute approximate surface area is 125 Å². The van der Waals surface area contributed by atoms with Crippen LogP contribution in [-0.4, -0.2) is 31.3 Å². The van der Waals surface area contributed by atoms with E-state index in [9.17, 15) is 14.0 Å². The third kappa shape index (κ3) is 3.22. The Kier molecular flexibility index (Phi) is 4.41. The van der Waals surface area contributed by atoms with E-state index in [1.54, 1.807) is 6.07 Å². The standard InChI is InChI=1S/C16H13FO5/c1-21-14-7-10(3-11(8-14)15(18)19)9-4-12(16(20)22-2)6-13(17)5-9/h3-8H,1-2H3,(H,18,19). The van der Waals surface area contributed by atoms with Gasteiger partial charge in [-0.25, -0.2) is 14.0 Å². The van der Waals surface area contributed by atoms with E-state index >= 15 is 0 Å². The van der Waals surface area contributed by atoms with Gasteiger partial charge >= 0.3 is 11.9 Å². The molecule has 114 valence electrons. The minimum Gasteiger partial charge on any atom is -0.497 e. The number of ether oxygens (including phenoxy) is 2. The quantitative estimate of drug-likeness (QED) is 0.879. The van der Waals surface area contributed by atoms with Crippen molar-refractivity contribution in [2.24, 2.45) is 0 Å². The summed E-state index contributed by atoms with van der Waals surface area (Å²) in [6.45, 7) is 0. The minimum absolute atomic E-state index is 0.00164. The second-order valence-electron chi connectivity index (χ2n) is 4.48. The van der Waals surface area contributed by atoms with Crippen molar-refractivity contribution in [3.8, 4) is 16.9 Å². The number of hydrogen-bond donors (Lipinski definition) is 1. The zero-order valence-corrected chi connectivity index (χ0v) is 11.9. The van der Waals surface area contributed by atoms with Gasteiger partial charge in [-0.3, -0.25) is 0 Å². The molecule has 0 spiro atoms.